The van der Waals surface area contributed by atoms with Gasteiger partial charge in [0.2, 0.25) is 15.9 Å². The standard InChI is InChI=1S/C29H37N5O3S/c1-2-3-18-34(25-10-6-7-11-25)29(35)27(19-21-12-14-23(15-13-21)28(30)32-31)33-38(36,37)26-17-16-22-8-4-5-9-24(22)20-26/h4-5,8-9,12-17,20,25,27,33H,2-3,6-7,10-11,18-19,31H2,1H3,(H2,30,32)/t27-/m0/s1. The third-order valence-electron chi connectivity index (χ3n) is 7.26. The Morgan fingerprint density at radius 3 is 2.39 bits per heavy atom. The minimum atomic E-state index is -3.97. The number of carbonyl (C=O) groups is 1. The molecule has 4 rings (SSSR count). The summed E-state index contributed by atoms with van der Waals surface area (Å²) in [7, 11) is -3.97. The first-order valence-corrected chi connectivity index (χ1v) is 14.7. The molecule has 0 unspecified atom stereocenters. The Labute approximate surface area is 225 Å². The lowest BCUT2D eigenvalue weighted by Gasteiger charge is -2.33. The number of nitrogens with zero attached hydrogens (tertiary/aromatic N) is 2. The van der Waals surface area contributed by atoms with Crippen LogP contribution in [0.5, 0.6) is 0 Å². The van der Waals surface area contributed by atoms with Crippen molar-refractivity contribution in [1.82, 2.24) is 9.62 Å². The van der Waals surface area contributed by atoms with Gasteiger partial charge in [0.05, 0.1) is 4.90 Å². The van der Waals surface area contributed by atoms with Crippen molar-refractivity contribution < 1.29 is 13.2 Å². The van der Waals surface area contributed by atoms with Gasteiger partial charge in [-0.1, -0.05) is 80.8 Å². The molecule has 0 heterocycles. The van der Waals surface area contributed by atoms with Crippen molar-refractivity contribution in [1.29, 1.82) is 0 Å². The summed E-state index contributed by atoms with van der Waals surface area (Å²) >= 11 is 0. The normalized spacial score (nSPS) is 15.6. The van der Waals surface area contributed by atoms with E-state index in [0.717, 1.165) is 54.9 Å². The number of fused-ring (bicyclic) bond motifs is 1. The van der Waals surface area contributed by atoms with Crippen LogP contribution in [0.3, 0.4) is 0 Å². The molecule has 9 heteroatoms. The van der Waals surface area contributed by atoms with Crippen LogP contribution in [-0.2, 0) is 21.2 Å². The van der Waals surface area contributed by atoms with E-state index in [0.29, 0.717) is 12.1 Å². The summed E-state index contributed by atoms with van der Waals surface area (Å²) < 4.78 is 30.0. The van der Waals surface area contributed by atoms with Crippen LogP contribution in [0, 0.1) is 0 Å². The first kappa shape index (κ1) is 27.6. The van der Waals surface area contributed by atoms with E-state index >= 15 is 0 Å². The smallest absolute Gasteiger partial charge is 0.241 e. The van der Waals surface area contributed by atoms with Gasteiger partial charge < -0.3 is 16.5 Å². The van der Waals surface area contributed by atoms with E-state index in [4.69, 9.17) is 11.6 Å². The Morgan fingerprint density at radius 2 is 1.74 bits per heavy atom. The first-order chi connectivity index (χ1) is 18.3. The Bertz CT molecular complexity index is 1380. The van der Waals surface area contributed by atoms with Gasteiger partial charge in [-0.05, 0) is 54.2 Å². The highest BCUT2D eigenvalue weighted by molar-refractivity contribution is 7.89. The Balaban J connectivity index is 1.66. The van der Waals surface area contributed by atoms with Gasteiger partial charge in [0.25, 0.3) is 0 Å². The summed E-state index contributed by atoms with van der Waals surface area (Å²) in [6.45, 7) is 2.71. The molecule has 3 aromatic carbocycles. The third kappa shape index (κ3) is 6.52. The molecule has 1 atom stereocenters. The minimum Gasteiger partial charge on any atom is -0.382 e. The number of rotatable bonds is 11. The van der Waals surface area contributed by atoms with E-state index in [2.05, 4.69) is 16.7 Å². The van der Waals surface area contributed by atoms with Crippen LogP contribution in [0.25, 0.3) is 10.8 Å². The number of sulfonamides is 1. The fraction of sp³-hybridized carbons (Fsp3) is 0.379. The zero-order valence-electron chi connectivity index (χ0n) is 21.8. The molecule has 8 nitrogen and oxygen atoms in total. The molecule has 38 heavy (non-hydrogen) atoms. The highest BCUT2D eigenvalue weighted by Gasteiger charge is 2.34. The molecule has 0 radical (unpaired) electrons. The second-order valence-corrected chi connectivity index (χ2v) is 11.6. The monoisotopic (exact) mass is 535 g/mol. The highest BCUT2D eigenvalue weighted by atomic mass is 32.2. The molecular weight excluding hydrogens is 498 g/mol. The first-order valence-electron chi connectivity index (χ1n) is 13.3. The number of nitrogens with one attached hydrogen (secondary N) is 1. The maximum absolute atomic E-state index is 14.0. The van der Waals surface area contributed by atoms with Gasteiger partial charge in [-0.2, -0.15) is 9.82 Å². The quantitative estimate of drug-likeness (QED) is 0.148. The zero-order valence-corrected chi connectivity index (χ0v) is 22.7. The van der Waals surface area contributed by atoms with E-state index in [1.54, 1.807) is 30.3 Å². The number of carbonyl (C=O) groups excluding carboxylic acids is 1. The Hall–Kier alpha value is -3.43. The van der Waals surface area contributed by atoms with E-state index in [1.165, 1.54) is 0 Å². The molecule has 1 aliphatic carbocycles. The second-order valence-electron chi connectivity index (χ2n) is 9.92. The number of nitrogens with two attached hydrogens (primary N) is 2. The maximum atomic E-state index is 14.0. The summed E-state index contributed by atoms with van der Waals surface area (Å²) in [4.78, 5) is 16.1. The summed E-state index contributed by atoms with van der Waals surface area (Å²) in [5, 5.41) is 5.29. The summed E-state index contributed by atoms with van der Waals surface area (Å²) in [5.41, 5.74) is 7.27. The molecule has 0 aromatic heterocycles. The van der Waals surface area contributed by atoms with Gasteiger partial charge in [-0.3, -0.25) is 4.79 Å². The van der Waals surface area contributed by atoms with Crippen LogP contribution in [0.1, 0.15) is 56.6 Å². The predicted molar refractivity (Wildman–Crippen MR) is 152 cm³/mol. The van der Waals surface area contributed by atoms with Gasteiger partial charge in [-0.25, -0.2) is 8.42 Å². The van der Waals surface area contributed by atoms with Crippen molar-refractivity contribution >= 4 is 32.5 Å². The average molecular weight is 536 g/mol. The number of hydrazone groups is 1. The van der Waals surface area contributed by atoms with Crippen molar-refractivity contribution in [3.8, 4) is 0 Å². The second kappa shape index (κ2) is 12.4. The SMILES string of the molecule is CCCCN(C(=O)[C@H](Cc1ccc(C(N)=NN)cc1)NS(=O)(=O)c1ccc2ccccc2c1)C1CCCC1. The molecule has 202 valence electrons. The molecule has 0 bridgehead atoms. The van der Waals surface area contributed by atoms with E-state index < -0.39 is 16.1 Å². The number of amides is 1. The molecule has 0 saturated heterocycles. The number of benzene rings is 3. The number of amidine groups is 1. The zero-order chi connectivity index (χ0) is 27.1. The molecule has 1 saturated carbocycles. The van der Waals surface area contributed by atoms with E-state index in [1.807, 2.05) is 41.3 Å². The lowest BCUT2D eigenvalue weighted by Crippen LogP contribution is -2.52. The lowest BCUT2D eigenvalue weighted by molar-refractivity contribution is -0.135. The molecular formula is C29H37N5O3S. The lowest BCUT2D eigenvalue weighted by atomic mass is 10.0. The number of hydrogen-bond acceptors (Lipinski definition) is 5. The molecule has 0 aliphatic heterocycles. The molecule has 1 amide bonds. The predicted octanol–water partition coefficient (Wildman–Crippen LogP) is 3.88. The van der Waals surface area contributed by atoms with Gasteiger partial charge in [0, 0.05) is 18.2 Å². The van der Waals surface area contributed by atoms with Gasteiger partial charge in [0.15, 0.2) is 0 Å². The average Bonchev–Trinajstić information content (AvgIpc) is 3.47. The third-order valence-corrected chi connectivity index (χ3v) is 8.73. The van der Waals surface area contributed by atoms with Crippen LogP contribution in [-0.4, -0.2) is 43.7 Å². The molecule has 1 aliphatic rings. The van der Waals surface area contributed by atoms with Crippen molar-refractivity contribution in [2.24, 2.45) is 16.7 Å². The molecule has 0 spiro atoms. The molecule has 1 fully saturated rings. The number of unbranched alkanes of at least 4 members (excludes halogenated alkanes) is 1. The fourth-order valence-electron chi connectivity index (χ4n) is 5.11. The van der Waals surface area contributed by atoms with Gasteiger partial charge in [0.1, 0.15) is 11.9 Å². The van der Waals surface area contributed by atoms with Crippen LogP contribution >= 0.6 is 0 Å². The molecule has 3 aromatic rings. The minimum absolute atomic E-state index is 0.136. The van der Waals surface area contributed by atoms with E-state index in [-0.39, 0.29) is 29.1 Å². The topological polar surface area (TPSA) is 131 Å². The Morgan fingerprint density at radius 1 is 1.05 bits per heavy atom. The van der Waals surface area contributed by atoms with Crippen LogP contribution < -0.4 is 16.3 Å². The maximum Gasteiger partial charge on any atom is 0.241 e. The van der Waals surface area contributed by atoms with Gasteiger partial charge >= 0.3 is 0 Å². The fourth-order valence-corrected chi connectivity index (χ4v) is 6.33. The van der Waals surface area contributed by atoms with Gasteiger partial charge in [-0.15, -0.1) is 0 Å². The van der Waals surface area contributed by atoms with Crippen LogP contribution in [0.15, 0.2) is 76.7 Å². The van der Waals surface area contributed by atoms with Crippen molar-refractivity contribution in [3.63, 3.8) is 0 Å². The summed E-state index contributed by atoms with van der Waals surface area (Å²) in [5.74, 6) is 5.31. The van der Waals surface area contributed by atoms with Crippen molar-refractivity contribution in [2.45, 2.75) is 68.8 Å². The highest BCUT2D eigenvalue weighted by Crippen LogP contribution is 2.26. The Kier molecular flexibility index (Phi) is 9.01. The summed E-state index contributed by atoms with van der Waals surface area (Å²) in [6, 6.07) is 19.0. The molecule has 5 N–H and O–H groups in total. The number of hydrogen-bond donors (Lipinski definition) is 3. The van der Waals surface area contributed by atoms with Crippen molar-refractivity contribution in [2.75, 3.05) is 6.54 Å². The largest absolute Gasteiger partial charge is 0.382 e. The summed E-state index contributed by atoms with van der Waals surface area (Å²) in [6.07, 6.45) is 6.10. The van der Waals surface area contributed by atoms with Crippen LogP contribution in [0.4, 0.5) is 0 Å². The van der Waals surface area contributed by atoms with E-state index in [9.17, 15) is 13.2 Å². The van der Waals surface area contributed by atoms with Crippen LogP contribution in [0.2, 0.25) is 0 Å². The van der Waals surface area contributed by atoms with Crippen molar-refractivity contribution in [3.05, 3.63) is 77.9 Å².